The Bertz CT molecular complexity index is 1560. The number of nitrogens with two attached hydrogens (primary N) is 1. The van der Waals surface area contributed by atoms with Crippen molar-refractivity contribution in [3.05, 3.63) is 90.0 Å². The number of ketones is 1. The predicted octanol–water partition coefficient (Wildman–Crippen LogP) is 3.18. The number of alkyl halides is 2. The van der Waals surface area contributed by atoms with Crippen LogP contribution < -0.4 is 14.6 Å². The summed E-state index contributed by atoms with van der Waals surface area (Å²) in [6, 6.07) is 15.2. The summed E-state index contributed by atoms with van der Waals surface area (Å²) in [5.41, 5.74) is 0.568. The van der Waals surface area contributed by atoms with Crippen LogP contribution in [0.1, 0.15) is 15.9 Å². The quantitative estimate of drug-likeness (QED) is 0.203. The van der Waals surface area contributed by atoms with E-state index in [1.165, 1.54) is 72.8 Å². The lowest BCUT2D eigenvalue weighted by Crippen LogP contribution is -2.15. The standard InChI is InChI=1S/C24H20F2N2O8S2/c25-24(26)36-19-9-7-17(8-10-19)22(29)15-35-23(30)13-6-16-4-11-20(12-5-16)38(33,34)28-18-2-1-3-21(14-18)37(27,31)32/h1-14,24,28H,15H2,(H2,27,31,32)/b13-6+. The molecule has 0 bridgehead atoms. The van der Waals surface area contributed by atoms with E-state index in [1.54, 1.807) is 0 Å². The van der Waals surface area contributed by atoms with E-state index in [0.717, 1.165) is 12.1 Å². The molecule has 0 fully saturated rings. The number of benzene rings is 3. The number of hydrogen-bond acceptors (Lipinski definition) is 8. The molecule has 0 amide bonds. The van der Waals surface area contributed by atoms with Crippen molar-refractivity contribution in [1.82, 2.24) is 0 Å². The number of carbonyl (C=O) groups excluding carboxylic acids is 2. The summed E-state index contributed by atoms with van der Waals surface area (Å²) in [7, 11) is -8.08. The van der Waals surface area contributed by atoms with Gasteiger partial charge in [0.1, 0.15) is 5.75 Å². The number of primary sulfonamides is 1. The molecular weight excluding hydrogens is 546 g/mol. The van der Waals surface area contributed by atoms with Gasteiger partial charge in [-0.25, -0.2) is 26.8 Å². The van der Waals surface area contributed by atoms with Crippen molar-refractivity contribution < 1.29 is 44.7 Å². The Kier molecular flexibility index (Phi) is 8.93. The first-order chi connectivity index (χ1) is 17.8. The van der Waals surface area contributed by atoms with Gasteiger partial charge in [0.05, 0.1) is 15.5 Å². The molecule has 3 aromatic carbocycles. The molecule has 0 spiro atoms. The molecule has 0 aliphatic carbocycles. The smallest absolute Gasteiger partial charge is 0.387 e. The van der Waals surface area contributed by atoms with Gasteiger partial charge in [-0.1, -0.05) is 18.2 Å². The van der Waals surface area contributed by atoms with Crippen molar-refractivity contribution in [2.24, 2.45) is 5.14 Å². The number of anilines is 1. The second-order valence-corrected chi connectivity index (χ2v) is 10.8. The zero-order valence-electron chi connectivity index (χ0n) is 19.3. The van der Waals surface area contributed by atoms with Gasteiger partial charge < -0.3 is 9.47 Å². The molecule has 14 heteroatoms. The zero-order chi connectivity index (χ0) is 27.9. The molecule has 0 aliphatic rings. The first kappa shape index (κ1) is 28.4. The van der Waals surface area contributed by atoms with Gasteiger partial charge in [0, 0.05) is 11.6 Å². The van der Waals surface area contributed by atoms with E-state index < -0.39 is 45.0 Å². The summed E-state index contributed by atoms with van der Waals surface area (Å²) in [6.07, 6.45) is 2.37. The summed E-state index contributed by atoms with van der Waals surface area (Å²) >= 11 is 0. The van der Waals surface area contributed by atoms with E-state index in [9.17, 15) is 35.2 Å². The molecule has 0 unspecified atom stereocenters. The van der Waals surface area contributed by atoms with Crippen LogP contribution in [0.3, 0.4) is 0 Å². The summed E-state index contributed by atoms with van der Waals surface area (Å²) in [5.74, 6) is -1.53. The third kappa shape index (κ3) is 8.19. The van der Waals surface area contributed by atoms with Crippen molar-refractivity contribution >= 4 is 43.6 Å². The average molecular weight is 567 g/mol. The number of carbonyl (C=O) groups is 2. The topological polar surface area (TPSA) is 159 Å². The number of esters is 1. The summed E-state index contributed by atoms with van der Waals surface area (Å²) < 4.78 is 83.8. The van der Waals surface area contributed by atoms with Gasteiger partial charge in [-0.2, -0.15) is 8.78 Å². The molecule has 0 aliphatic heterocycles. The minimum atomic E-state index is -4.06. The van der Waals surface area contributed by atoms with Crippen LogP contribution in [0, 0.1) is 0 Å². The van der Waals surface area contributed by atoms with Crippen LogP contribution in [0.2, 0.25) is 0 Å². The van der Waals surface area contributed by atoms with Crippen LogP contribution >= 0.6 is 0 Å². The number of rotatable bonds is 11. The Morgan fingerprint density at radius 1 is 0.921 bits per heavy atom. The second-order valence-electron chi connectivity index (χ2n) is 7.51. The molecule has 0 radical (unpaired) electrons. The van der Waals surface area contributed by atoms with Gasteiger partial charge >= 0.3 is 12.6 Å². The maximum Gasteiger partial charge on any atom is 0.387 e. The molecule has 0 saturated carbocycles. The van der Waals surface area contributed by atoms with Crippen LogP contribution in [-0.2, 0) is 29.6 Å². The molecule has 38 heavy (non-hydrogen) atoms. The minimum absolute atomic E-state index is 0.00442. The highest BCUT2D eigenvalue weighted by Crippen LogP contribution is 2.20. The number of ether oxygens (including phenoxy) is 2. The predicted molar refractivity (Wildman–Crippen MR) is 132 cm³/mol. The molecule has 0 aromatic heterocycles. The average Bonchev–Trinajstić information content (AvgIpc) is 2.86. The molecule has 3 rings (SSSR count). The molecule has 0 saturated heterocycles. The van der Waals surface area contributed by atoms with Gasteiger partial charge in [0.2, 0.25) is 10.0 Å². The van der Waals surface area contributed by atoms with E-state index >= 15 is 0 Å². The molecule has 3 aromatic rings. The summed E-state index contributed by atoms with van der Waals surface area (Å²) in [6.45, 7) is -3.59. The Morgan fingerprint density at radius 3 is 2.18 bits per heavy atom. The first-order valence-electron chi connectivity index (χ1n) is 10.5. The number of nitrogens with one attached hydrogen (secondary N) is 1. The molecule has 3 N–H and O–H groups in total. The minimum Gasteiger partial charge on any atom is -0.454 e. The fourth-order valence-electron chi connectivity index (χ4n) is 2.96. The highest BCUT2D eigenvalue weighted by atomic mass is 32.2. The molecule has 0 heterocycles. The maximum atomic E-state index is 12.6. The monoisotopic (exact) mass is 566 g/mol. The summed E-state index contributed by atoms with van der Waals surface area (Å²) in [4.78, 5) is 23.6. The highest BCUT2D eigenvalue weighted by Gasteiger charge is 2.16. The zero-order valence-corrected chi connectivity index (χ0v) is 20.9. The van der Waals surface area contributed by atoms with Crippen molar-refractivity contribution in [1.29, 1.82) is 0 Å². The lowest BCUT2D eigenvalue weighted by Gasteiger charge is -2.09. The molecule has 200 valence electrons. The van der Waals surface area contributed by atoms with Crippen LogP contribution in [-0.4, -0.2) is 41.8 Å². The van der Waals surface area contributed by atoms with Gasteiger partial charge in [-0.05, 0) is 66.2 Å². The SMILES string of the molecule is NS(=O)(=O)c1cccc(NS(=O)(=O)c2ccc(/C=C/C(=O)OCC(=O)c3ccc(OC(F)F)cc3)cc2)c1. The second kappa shape index (κ2) is 11.9. The van der Waals surface area contributed by atoms with E-state index in [2.05, 4.69) is 9.46 Å². The maximum absolute atomic E-state index is 12.6. The van der Waals surface area contributed by atoms with Crippen molar-refractivity contribution in [3.8, 4) is 5.75 Å². The first-order valence-corrected chi connectivity index (χ1v) is 13.5. The largest absolute Gasteiger partial charge is 0.454 e. The van der Waals surface area contributed by atoms with Crippen LogP contribution in [0.15, 0.2) is 88.7 Å². The highest BCUT2D eigenvalue weighted by molar-refractivity contribution is 7.92. The van der Waals surface area contributed by atoms with Gasteiger partial charge in [0.15, 0.2) is 12.4 Å². The van der Waals surface area contributed by atoms with Gasteiger partial charge in [0.25, 0.3) is 10.0 Å². The molecule has 10 nitrogen and oxygen atoms in total. The van der Waals surface area contributed by atoms with Crippen LogP contribution in [0.25, 0.3) is 6.08 Å². The van der Waals surface area contributed by atoms with Crippen molar-refractivity contribution in [2.75, 3.05) is 11.3 Å². The number of Topliss-reactive ketones (excluding diaryl/α,β-unsaturated/α-hetero) is 1. The Balaban J connectivity index is 1.56. The molecular formula is C24H20F2N2O8S2. The van der Waals surface area contributed by atoms with Gasteiger partial charge in [-0.3, -0.25) is 9.52 Å². The van der Waals surface area contributed by atoms with Crippen LogP contribution in [0.5, 0.6) is 5.75 Å². The van der Waals surface area contributed by atoms with E-state index in [4.69, 9.17) is 9.88 Å². The van der Waals surface area contributed by atoms with Gasteiger partial charge in [-0.15, -0.1) is 0 Å². The third-order valence-corrected chi connectivity index (χ3v) is 7.07. The Morgan fingerprint density at radius 2 is 1.58 bits per heavy atom. The fraction of sp³-hybridized carbons (Fsp3) is 0.0833. The lowest BCUT2D eigenvalue weighted by molar-refractivity contribution is -0.136. The fourth-order valence-corrected chi connectivity index (χ4v) is 4.57. The van der Waals surface area contributed by atoms with Crippen LogP contribution in [0.4, 0.5) is 14.5 Å². The van der Waals surface area contributed by atoms with E-state index in [1.807, 2.05) is 0 Å². The Hall–Kier alpha value is -4.14. The number of halogens is 2. The van der Waals surface area contributed by atoms with E-state index in [-0.39, 0.29) is 26.8 Å². The van der Waals surface area contributed by atoms with Crippen molar-refractivity contribution in [3.63, 3.8) is 0 Å². The molecule has 0 atom stereocenters. The lowest BCUT2D eigenvalue weighted by atomic mass is 10.1. The normalized spacial score (nSPS) is 11.9. The third-order valence-electron chi connectivity index (χ3n) is 4.76. The number of sulfonamides is 2. The summed E-state index contributed by atoms with van der Waals surface area (Å²) in [5, 5.41) is 5.06. The number of hydrogen-bond donors (Lipinski definition) is 2. The van der Waals surface area contributed by atoms with Crippen molar-refractivity contribution in [2.45, 2.75) is 16.4 Å². The van der Waals surface area contributed by atoms with E-state index in [0.29, 0.717) is 5.56 Å². The Labute approximate surface area is 216 Å².